The van der Waals surface area contributed by atoms with Gasteiger partial charge in [-0.1, -0.05) is 6.07 Å². The van der Waals surface area contributed by atoms with Gasteiger partial charge in [-0.15, -0.1) is 0 Å². The minimum atomic E-state index is -0.283. The summed E-state index contributed by atoms with van der Waals surface area (Å²) < 4.78 is 16.2. The van der Waals surface area contributed by atoms with E-state index in [1.54, 1.807) is 30.3 Å². The molecule has 2 aromatic carbocycles. The highest BCUT2D eigenvalue weighted by Crippen LogP contribution is 2.41. The lowest BCUT2D eigenvalue weighted by atomic mass is 10.1. The number of ether oxygens (including phenoxy) is 3. The Morgan fingerprint density at radius 2 is 1.89 bits per heavy atom. The van der Waals surface area contributed by atoms with Gasteiger partial charge in [0.25, 0.3) is 11.8 Å². The number of carbonyl (C=O) groups excluding carboxylic acids is 2. The van der Waals surface area contributed by atoms with Gasteiger partial charge in [-0.05, 0) is 12.1 Å². The molecule has 0 aromatic heterocycles. The molecule has 0 saturated heterocycles. The Labute approximate surface area is 161 Å². The van der Waals surface area contributed by atoms with Crippen LogP contribution in [-0.2, 0) is 11.3 Å². The molecule has 2 aromatic rings. The van der Waals surface area contributed by atoms with Crippen LogP contribution < -0.4 is 24.8 Å². The summed E-state index contributed by atoms with van der Waals surface area (Å²) in [7, 11) is 4.47. The molecule has 9 nitrogen and oxygen atoms in total. The van der Waals surface area contributed by atoms with Crippen LogP contribution in [0.4, 0.5) is 11.4 Å². The number of carbonyl (C=O) groups is 2. The van der Waals surface area contributed by atoms with E-state index in [1.807, 2.05) is 0 Å². The fraction of sp³-hybridized carbons (Fsp3) is 0.263. The summed E-state index contributed by atoms with van der Waals surface area (Å²) in [5.74, 6) is 0.601. The first-order valence-electron chi connectivity index (χ1n) is 8.48. The van der Waals surface area contributed by atoms with Gasteiger partial charge >= 0.3 is 0 Å². The normalized spacial score (nSPS) is 12.5. The Kier molecular flexibility index (Phi) is 5.73. The highest BCUT2D eigenvalue weighted by molar-refractivity contribution is 5.99. The molecule has 9 heteroatoms. The van der Waals surface area contributed by atoms with Crippen molar-refractivity contribution >= 4 is 23.2 Å². The number of hydrogen-bond donors (Lipinski definition) is 2. The van der Waals surface area contributed by atoms with Crippen molar-refractivity contribution in [2.75, 3.05) is 27.9 Å². The molecular weight excluding hydrogens is 364 g/mol. The topological polar surface area (TPSA) is 111 Å². The fourth-order valence-corrected chi connectivity index (χ4v) is 2.72. The van der Waals surface area contributed by atoms with Crippen molar-refractivity contribution in [3.05, 3.63) is 41.5 Å². The van der Waals surface area contributed by atoms with E-state index >= 15 is 0 Å². The monoisotopic (exact) mass is 384 g/mol. The molecule has 1 aliphatic rings. The van der Waals surface area contributed by atoms with Crippen LogP contribution in [0.5, 0.6) is 17.2 Å². The van der Waals surface area contributed by atoms with Crippen molar-refractivity contribution in [3.63, 3.8) is 0 Å². The van der Waals surface area contributed by atoms with Gasteiger partial charge < -0.3 is 24.8 Å². The van der Waals surface area contributed by atoms with Gasteiger partial charge in [0.15, 0.2) is 18.1 Å². The molecule has 0 radical (unpaired) electrons. The van der Waals surface area contributed by atoms with Crippen molar-refractivity contribution in [1.82, 2.24) is 10.6 Å². The average Bonchev–Trinajstić information content (AvgIpc) is 3.11. The predicted octanol–water partition coefficient (Wildman–Crippen LogP) is 2.49. The predicted molar refractivity (Wildman–Crippen MR) is 101 cm³/mol. The zero-order valence-electron chi connectivity index (χ0n) is 15.7. The van der Waals surface area contributed by atoms with Crippen molar-refractivity contribution in [1.29, 1.82) is 0 Å². The minimum Gasteiger partial charge on any atom is -0.493 e. The number of nitrogens with one attached hydrogen (secondary N) is 2. The van der Waals surface area contributed by atoms with Gasteiger partial charge in [-0.25, -0.2) is 0 Å². The molecule has 0 aliphatic carbocycles. The summed E-state index contributed by atoms with van der Waals surface area (Å²) in [5, 5.41) is 13.7. The third kappa shape index (κ3) is 3.88. The van der Waals surface area contributed by atoms with E-state index in [2.05, 4.69) is 20.9 Å². The Morgan fingerprint density at radius 3 is 2.54 bits per heavy atom. The second-order valence-electron chi connectivity index (χ2n) is 5.83. The zero-order valence-corrected chi connectivity index (χ0v) is 15.7. The van der Waals surface area contributed by atoms with Gasteiger partial charge in [-0.3, -0.25) is 9.59 Å². The van der Waals surface area contributed by atoms with Gasteiger partial charge in [0.05, 0.1) is 25.6 Å². The molecule has 3 rings (SSSR count). The van der Waals surface area contributed by atoms with Crippen LogP contribution in [0, 0.1) is 0 Å². The van der Waals surface area contributed by atoms with E-state index < -0.39 is 0 Å². The number of rotatable bonds is 7. The number of nitrogens with zero attached hydrogens (tertiary/aromatic N) is 2. The van der Waals surface area contributed by atoms with Gasteiger partial charge in [0.2, 0.25) is 5.75 Å². The second kappa shape index (κ2) is 8.38. The van der Waals surface area contributed by atoms with E-state index in [0.29, 0.717) is 40.7 Å². The Bertz CT molecular complexity index is 917. The number of amides is 2. The average molecular weight is 384 g/mol. The lowest BCUT2D eigenvalue weighted by Gasteiger charge is -2.14. The van der Waals surface area contributed by atoms with E-state index in [-0.39, 0.29) is 18.4 Å². The number of methoxy groups -OCH3 is 2. The first-order chi connectivity index (χ1) is 13.6. The largest absolute Gasteiger partial charge is 0.493 e. The lowest BCUT2D eigenvalue weighted by Crippen LogP contribution is -2.25. The molecule has 0 bridgehead atoms. The lowest BCUT2D eigenvalue weighted by molar-refractivity contribution is -0.122. The number of likely N-dealkylation sites (N-methyl/N-ethyl adjacent to an activating group) is 1. The molecule has 1 aliphatic heterocycles. The molecule has 2 N–H and O–H groups in total. The quantitative estimate of drug-likeness (QED) is 0.713. The zero-order chi connectivity index (χ0) is 20.1. The maximum atomic E-state index is 11.8. The maximum absolute atomic E-state index is 11.8. The van der Waals surface area contributed by atoms with Gasteiger partial charge in [-0.2, -0.15) is 10.2 Å². The molecule has 146 valence electrons. The molecule has 0 saturated carbocycles. The fourth-order valence-electron chi connectivity index (χ4n) is 2.72. The molecular formula is C19H20N4O5. The summed E-state index contributed by atoms with van der Waals surface area (Å²) in [5.41, 5.74) is 2.48. The first kappa shape index (κ1) is 19.2. The van der Waals surface area contributed by atoms with Crippen molar-refractivity contribution in [2.24, 2.45) is 10.2 Å². The molecule has 0 spiro atoms. The maximum Gasteiger partial charge on any atom is 0.257 e. The minimum absolute atomic E-state index is 0.118. The molecule has 2 amide bonds. The number of fused-ring (bicyclic) bond motifs is 1. The van der Waals surface area contributed by atoms with Crippen molar-refractivity contribution < 1.29 is 23.8 Å². The second-order valence-corrected chi connectivity index (χ2v) is 5.83. The Morgan fingerprint density at radius 1 is 1.18 bits per heavy atom. The van der Waals surface area contributed by atoms with Gasteiger partial charge in [0.1, 0.15) is 0 Å². The molecule has 1 heterocycles. The summed E-state index contributed by atoms with van der Waals surface area (Å²) in [6.07, 6.45) is 0. The highest BCUT2D eigenvalue weighted by Gasteiger charge is 2.21. The van der Waals surface area contributed by atoms with Crippen LogP contribution >= 0.6 is 0 Å². The van der Waals surface area contributed by atoms with Gasteiger partial charge in [0, 0.05) is 36.9 Å². The van der Waals surface area contributed by atoms with Crippen LogP contribution in [0.1, 0.15) is 15.9 Å². The summed E-state index contributed by atoms with van der Waals surface area (Å²) >= 11 is 0. The molecule has 0 atom stereocenters. The van der Waals surface area contributed by atoms with Crippen LogP contribution in [0.25, 0.3) is 0 Å². The third-order valence-electron chi connectivity index (χ3n) is 4.17. The van der Waals surface area contributed by atoms with Crippen molar-refractivity contribution in [2.45, 2.75) is 6.54 Å². The number of benzene rings is 2. The van der Waals surface area contributed by atoms with E-state index in [9.17, 15) is 9.59 Å². The van der Waals surface area contributed by atoms with Crippen LogP contribution in [0.3, 0.4) is 0 Å². The summed E-state index contributed by atoms with van der Waals surface area (Å²) in [4.78, 5) is 23.2. The van der Waals surface area contributed by atoms with Crippen molar-refractivity contribution in [3.8, 4) is 17.2 Å². The molecule has 28 heavy (non-hydrogen) atoms. The van der Waals surface area contributed by atoms with E-state index in [0.717, 1.165) is 5.56 Å². The van der Waals surface area contributed by atoms with Crippen LogP contribution in [0.15, 0.2) is 40.6 Å². The first-order valence-corrected chi connectivity index (χ1v) is 8.48. The third-order valence-corrected chi connectivity index (χ3v) is 4.17. The van der Waals surface area contributed by atoms with E-state index in [4.69, 9.17) is 14.2 Å². The Hall–Kier alpha value is -3.62. The SMILES string of the molecule is CNC(=O)COc1c(OC)cc(N=Nc2cccc3c2CNC3=O)cc1OC. The van der Waals surface area contributed by atoms with Crippen LogP contribution in [0.2, 0.25) is 0 Å². The molecule has 0 fully saturated rings. The molecule has 0 unspecified atom stereocenters. The standard InChI is InChI=1S/C19H20N4O5/c1-20-17(24)10-28-18-15(26-2)7-11(8-16(18)27-3)22-23-14-6-4-5-12-13(14)9-21-19(12)25/h4-8H,9-10H2,1-3H3,(H,20,24)(H,21,25). The Balaban J connectivity index is 1.90. The number of hydrogen-bond acceptors (Lipinski definition) is 7. The highest BCUT2D eigenvalue weighted by atomic mass is 16.5. The smallest absolute Gasteiger partial charge is 0.257 e. The van der Waals surface area contributed by atoms with E-state index in [1.165, 1.54) is 21.3 Å². The van der Waals surface area contributed by atoms with Crippen LogP contribution in [-0.4, -0.2) is 39.7 Å². The number of azo groups is 1. The summed E-state index contributed by atoms with van der Waals surface area (Å²) in [6, 6.07) is 8.55. The summed E-state index contributed by atoms with van der Waals surface area (Å²) in [6.45, 7) is 0.240.